The van der Waals surface area contributed by atoms with E-state index in [1.165, 1.54) is 23.3 Å². The lowest BCUT2D eigenvalue weighted by Gasteiger charge is -2.23. The third kappa shape index (κ3) is 4.05. The fourth-order valence-electron chi connectivity index (χ4n) is 3.70. The van der Waals surface area contributed by atoms with Crippen LogP contribution in [0.3, 0.4) is 0 Å². The van der Waals surface area contributed by atoms with Crippen molar-refractivity contribution >= 4 is 33.4 Å². The number of nitrogens with zero attached hydrogens (tertiary/aromatic N) is 1. The monoisotopic (exact) mass is 483 g/mol. The molecule has 3 aromatic rings. The van der Waals surface area contributed by atoms with Crippen LogP contribution in [0.25, 0.3) is 5.76 Å². The molecule has 2 heterocycles. The molecule has 1 aliphatic rings. The van der Waals surface area contributed by atoms with Crippen molar-refractivity contribution in [3.63, 3.8) is 0 Å². The molecule has 1 aromatic heterocycles. The molecule has 7 heteroatoms. The maximum absolute atomic E-state index is 13.2. The molecule has 158 valence electrons. The molecule has 4 rings (SSSR count). The molecule has 0 spiro atoms. The Kier molecular flexibility index (Phi) is 5.78. The Labute approximate surface area is 186 Å². The number of carbonyl (C=O) groups is 2. The zero-order valence-corrected chi connectivity index (χ0v) is 18.2. The standard InChI is InChI=1S/C24H19BrFNO4/c1-14-13-16(6-9-18(14)25)22(28)20-21(19-3-2-12-31-19)27(24(30)23(20)29)11-10-15-4-7-17(26)8-5-15/h2-9,12-13,21,28H,10-11H2,1H3/b22-20-. The molecule has 5 nitrogen and oxygen atoms in total. The highest BCUT2D eigenvalue weighted by molar-refractivity contribution is 9.10. The predicted molar refractivity (Wildman–Crippen MR) is 117 cm³/mol. The van der Waals surface area contributed by atoms with Crippen molar-refractivity contribution in [1.82, 2.24) is 4.90 Å². The number of Topliss-reactive ketones (excluding diaryl/α,β-unsaturated/α-hetero) is 1. The highest BCUT2D eigenvalue weighted by atomic mass is 79.9. The van der Waals surface area contributed by atoms with Gasteiger partial charge in [0.15, 0.2) is 0 Å². The van der Waals surface area contributed by atoms with Gasteiger partial charge in [-0.25, -0.2) is 4.39 Å². The van der Waals surface area contributed by atoms with E-state index in [0.29, 0.717) is 17.7 Å². The third-order valence-corrected chi connectivity index (χ3v) is 6.23. The first-order chi connectivity index (χ1) is 14.9. The maximum atomic E-state index is 13.2. The predicted octanol–water partition coefficient (Wildman–Crippen LogP) is 5.15. The normalized spacial score (nSPS) is 18.0. The molecular formula is C24H19BrFNO4. The molecule has 2 aromatic carbocycles. The molecule has 1 aliphatic heterocycles. The first-order valence-corrected chi connectivity index (χ1v) is 10.5. The highest BCUT2D eigenvalue weighted by Gasteiger charge is 2.47. The average molecular weight is 484 g/mol. The second kappa shape index (κ2) is 8.51. The molecule has 0 radical (unpaired) electrons. The van der Waals surface area contributed by atoms with Gasteiger partial charge in [0.05, 0.1) is 11.8 Å². The quantitative estimate of drug-likeness (QED) is 0.309. The molecule has 1 N–H and O–H groups in total. The Morgan fingerprint density at radius 2 is 1.90 bits per heavy atom. The number of aliphatic hydroxyl groups excluding tert-OH is 1. The van der Waals surface area contributed by atoms with E-state index in [4.69, 9.17) is 4.42 Å². The minimum absolute atomic E-state index is 0.0132. The van der Waals surface area contributed by atoms with E-state index < -0.39 is 17.7 Å². The zero-order valence-electron chi connectivity index (χ0n) is 16.6. The molecular weight excluding hydrogens is 465 g/mol. The molecule has 1 unspecified atom stereocenters. The average Bonchev–Trinajstić information content (AvgIpc) is 3.37. The van der Waals surface area contributed by atoms with Crippen LogP contribution in [0.4, 0.5) is 4.39 Å². The van der Waals surface area contributed by atoms with E-state index in [1.807, 2.05) is 6.92 Å². The van der Waals surface area contributed by atoms with Crippen molar-refractivity contribution in [2.75, 3.05) is 6.54 Å². The number of hydrogen-bond donors (Lipinski definition) is 1. The minimum atomic E-state index is -0.848. The SMILES string of the molecule is Cc1cc(/C(O)=C2/C(=O)C(=O)N(CCc3ccc(F)cc3)C2c2ccco2)ccc1Br. The van der Waals surface area contributed by atoms with Crippen LogP contribution in [0.5, 0.6) is 0 Å². The molecule has 31 heavy (non-hydrogen) atoms. The van der Waals surface area contributed by atoms with Crippen molar-refractivity contribution in [3.8, 4) is 0 Å². The molecule has 0 saturated carbocycles. The van der Waals surface area contributed by atoms with Gasteiger partial charge in [-0.15, -0.1) is 0 Å². The summed E-state index contributed by atoms with van der Waals surface area (Å²) in [5.41, 5.74) is 2.13. The van der Waals surface area contributed by atoms with Gasteiger partial charge in [-0.05, 0) is 60.9 Å². The van der Waals surface area contributed by atoms with Gasteiger partial charge in [-0.3, -0.25) is 9.59 Å². The van der Waals surface area contributed by atoms with Gasteiger partial charge in [-0.2, -0.15) is 0 Å². The Morgan fingerprint density at radius 3 is 2.55 bits per heavy atom. The largest absolute Gasteiger partial charge is 0.507 e. The fraction of sp³-hybridized carbons (Fsp3) is 0.167. The number of carbonyl (C=O) groups excluding carboxylic acids is 2. The topological polar surface area (TPSA) is 70.8 Å². The summed E-state index contributed by atoms with van der Waals surface area (Å²) in [5, 5.41) is 11.0. The Bertz CT molecular complexity index is 1170. The summed E-state index contributed by atoms with van der Waals surface area (Å²) in [6, 6.07) is 13.7. The van der Waals surface area contributed by atoms with Crippen LogP contribution in [0.1, 0.15) is 28.5 Å². The number of halogens is 2. The fourth-order valence-corrected chi connectivity index (χ4v) is 3.95. The molecule has 1 saturated heterocycles. The minimum Gasteiger partial charge on any atom is -0.507 e. The number of ketones is 1. The number of aliphatic hydroxyl groups is 1. The molecule has 1 fully saturated rings. The van der Waals surface area contributed by atoms with Crippen LogP contribution in [-0.2, 0) is 16.0 Å². The van der Waals surface area contributed by atoms with Gasteiger partial charge < -0.3 is 14.4 Å². The number of furan rings is 1. The lowest BCUT2D eigenvalue weighted by Crippen LogP contribution is -2.31. The number of likely N-dealkylation sites (tertiary alicyclic amines) is 1. The number of aryl methyl sites for hydroxylation is 1. The Balaban J connectivity index is 1.74. The third-order valence-electron chi connectivity index (χ3n) is 5.34. The lowest BCUT2D eigenvalue weighted by atomic mass is 9.98. The smallest absolute Gasteiger partial charge is 0.295 e. The van der Waals surface area contributed by atoms with Crippen molar-refractivity contribution < 1.29 is 23.5 Å². The number of amides is 1. The van der Waals surface area contributed by atoms with E-state index in [9.17, 15) is 19.1 Å². The van der Waals surface area contributed by atoms with Crippen molar-refractivity contribution in [2.45, 2.75) is 19.4 Å². The summed E-state index contributed by atoms with van der Waals surface area (Å²) in [4.78, 5) is 27.2. The lowest BCUT2D eigenvalue weighted by molar-refractivity contribution is -0.140. The van der Waals surface area contributed by atoms with E-state index in [2.05, 4.69) is 15.9 Å². The molecule has 0 bridgehead atoms. The van der Waals surface area contributed by atoms with Crippen LogP contribution in [0, 0.1) is 12.7 Å². The second-order valence-electron chi connectivity index (χ2n) is 7.35. The summed E-state index contributed by atoms with van der Waals surface area (Å²) in [6.45, 7) is 2.07. The van der Waals surface area contributed by atoms with Crippen molar-refractivity contribution in [2.24, 2.45) is 0 Å². The number of benzene rings is 2. The van der Waals surface area contributed by atoms with Gasteiger partial charge in [0.2, 0.25) is 0 Å². The van der Waals surface area contributed by atoms with Gasteiger partial charge in [0.1, 0.15) is 23.4 Å². The van der Waals surface area contributed by atoms with E-state index >= 15 is 0 Å². The van der Waals surface area contributed by atoms with Crippen LogP contribution in [0.2, 0.25) is 0 Å². The van der Waals surface area contributed by atoms with E-state index in [1.54, 1.807) is 42.5 Å². The molecule has 1 atom stereocenters. The first-order valence-electron chi connectivity index (χ1n) is 9.69. The Morgan fingerprint density at radius 1 is 1.16 bits per heavy atom. The van der Waals surface area contributed by atoms with Gasteiger partial charge in [0.25, 0.3) is 11.7 Å². The highest BCUT2D eigenvalue weighted by Crippen LogP contribution is 2.40. The van der Waals surface area contributed by atoms with Gasteiger partial charge in [-0.1, -0.05) is 34.1 Å². The van der Waals surface area contributed by atoms with Crippen LogP contribution in [0.15, 0.2) is 75.3 Å². The summed E-state index contributed by atoms with van der Waals surface area (Å²) >= 11 is 3.42. The zero-order chi connectivity index (χ0) is 22.1. The Hall–Kier alpha value is -3.19. The number of hydrogen-bond acceptors (Lipinski definition) is 4. The van der Waals surface area contributed by atoms with Gasteiger partial charge >= 0.3 is 0 Å². The number of rotatable bonds is 5. The maximum Gasteiger partial charge on any atom is 0.295 e. The van der Waals surface area contributed by atoms with E-state index in [-0.39, 0.29) is 23.7 Å². The van der Waals surface area contributed by atoms with Crippen molar-refractivity contribution in [1.29, 1.82) is 0 Å². The van der Waals surface area contributed by atoms with Crippen molar-refractivity contribution in [3.05, 3.63) is 99.2 Å². The van der Waals surface area contributed by atoms with Crippen LogP contribution < -0.4 is 0 Å². The van der Waals surface area contributed by atoms with E-state index in [0.717, 1.165) is 15.6 Å². The second-order valence-corrected chi connectivity index (χ2v) is 8.20. The van der Waals surface area contributed by atoms with Crippen LogP contribution in [-0.4, -0.2) is 28.2 Å². The summed E-state index contributed by atoms with van der Waals surface area (Å²) in [5.74, 6) is -1.68. The van der Waals surface area contributed by atoms with Crippen LogP contribution >= 0.6 is 15.9 Å². The molecule has 1 amide bonds. The summed E-state index contributed by atoms with van der Waals surface area (Å²) < 4.78 is 19.6. The summed E-state index contributed by atoms with van der Waals surface area (Å²) in [6.07, 6.45) is 1.88. The summed E-state index contributed by atoms with van der Waals surface area (Å²) in [7, 11) is 0. The molecule has 0 aliphatic carbocycles. The first kappa shape index (κ1) is 21.1. The van der Waals surface area contributed by atoms with Gasteiger partial charge in [0, 0.05) is 16.6 Å².